The predicted molar refractivity (Wildman–Crippen MR) is 84.6 cm³/mol. The molecule has 0 atom stereocenters. The number of nitriles is 1. The third-order valence-electron chi connectivity index (χ3n) is 1.95. The number of nitrogens with two attached hydrogens (primary N) is 1. The minimum absolute atomic E-state index is 0.0360. The van der Waals surface area contributed by atoms with Crippen molar-refractivity contribution in [2.75, 3.05) is 13.2 Å². The summed E-state index contributed by atoms with van der Waals surface area (Å²) < 4.78 is 0. The Morgan fingerprint density at radius 1 is 1.00 bits per heavy atom. The molecule has 0 aromatic rings. The Morgan fingerprint density at radius 2 is 1.36 bits per heavy atom. The maximum Gasteiger partial charge on any atom is 0.208 e. The molecule has 0 rings (SSSR count). The summed E-state index contributed by atoms with van der Waals surface area (Å²) in [4.78, 5) is 19.5. The fourth-order valence-electron chi connectivity index (χ4n) is 0.385. The number of nitrogens with zero attached hydrogens (tertiary/aromatic N) is 1. The number of hydrogen-bond acceptors (Lipinski definition) is 6. The van der Waals surface area contributed by atoms with Crippen molar-refractivity contribution >= 4 is 12.8 Å². The van der Waals surface area contributed by atoms with Crippen molar-refractivity contribution in [3.05, 3.63) is 0 Å². The van der Waals surface area contributed by atoms with E-state index in [1.54, 1.807) is 41.5 Å². The molecule has 0 fully saturated rings. The van der Waals surface area contributed by atoms with E-state index in [9.17, 15) is 9.59 Å². The maximum atomic E-state index is 9.76. The van der Waals surface area contributed by atoms with Gasteiger partial charge < -0.3 is 26.6 Å². The number of hydrogen-bond donors (Lipinski definition) is 5. The van der Waals surface area contributed by atoms with Crippen molar-refractivity contribution in [2.24, 2.45) is 5.73 Å². The number of carbonyl (C=O) groups is 2. The standard InChI is InChI=1S/C5H8N2O.C5H11NO2.C4H11NO/c1-5(2,3-6)7-4-8;1-5(2,3-7)6-4-8;1-4(2,5)3-6/h4H,1-2H3,(H,7,8);4,7H,3H2,1-2H3,(H,6,8);6H,3,5H2,1-2H3. The van der Waals surface area contributed by atoms with Crippen LogP contribution in [0.15, 0.2) is 0 Å². The molecule has 0 saturated carbocycles. The monoisotopic (exact) mass is 318 g/mol. The first kappa shape index (κ1) is 25.3. The number of aliphatic hydroxyl groups excluding tert-OH is 2. The Hall–Kier alpha value is -1.69. The summed E-state index contributed by atoms with van der Waals surface area (Å²) in [6, 6.07) is 1.90. The molecule has 0 radical (unpaired) electrons. The highest BCUT2D eigenvalue weighted by atomic mass is 16.3. The normalized spacial score (nSPS) is 10.7. The molecule has 0 aliphatic heterocycles. The third-order valence-corrected chi connectivity index (χ3v) is 1.95. The zero-order valence-electron chi connectivity index (χ0n) is 14.3. The number of rotatable bonds is 6. The van der Waals surface area contributed by atoms with Gasteiger partial charge in [0.25, 0.3) is 0 Å². The van der Waals surface area contributed by atoms with E-state index in [1.807, 2.05) is 6.07 Å². The molecule has 0 saturated heterocycles. The number of carbonyl (C=O) groups excluding carboxylic acids is 2. The van der Waals surface area contributed by atoms with Crippen molar-refractivity contribution in [3.63, 3.8) is 0 Å². The number of nitrogens with one attached hydrogen (secondary N) is 2. The van der Waals surface area contributed by atoms with E-state index in [2.05, 4.69) is 10.6 Å². The number of amides is 2. The van der Waals surface area contributed by atoms with Crippen LogP contribution in [0, 0.1) is 11.3 Å². The van der Waals surface area contributed by atoms with E-state index in [-0.39, 0.29) is 13.2 Å². The molecular formula is C14H30N4O4. The van der Waals surface area contributed by atoms with Crippen LogP contribution in [0.2, 0.25) is 0 Å². The largest absolute Gasteiger partial charge is 0.394 e. The topological polar surface area (TPSA) is 148 Å². The van der Waals surface area contributed by atoms with Gasteiger partial charge >= 0.3 is 0 Å². The average Bonchev–Trinajstić information content (AvgIpc) is 2.39. The smallest absolute Gasteiger partial charge is 0.208 e. The minimum atomic E-state index is -0.720. The van der Waals surface area contributed by atoms with E-state index in [0.717, 1.165) is 0 Å². The third kappa shape index (κ3) is 23.4. The van der Waals surface area contributed by atoms with Crippen molar-refractivity contribution in [3.8, 4) is 6.07 Å². The summed E-state index contributed by atoms with van der Waals surface area (Å²) in [5.41, 5.74) is 3.69. The van der Waals surface area contributed by atoms with E-state index >= 15 is 0 Å². The van der Waals surface area contributed by atoms with Crippen molar-refractivity contribution in [2.45, 2.75) is 58.2 Å². The van der Waals surface area contributed by atoms with E-state index in [1.165, 1.54) is 0 Å². The molecule has 8 heteroatoms. The van der Waals surface area contributed by atoms with Crippen LogP contribution >= 0.6 is 0 Å². The van der Waals surface area contributed by atoms with Crippen LogP contribution in [0.5, 0.6) is 0 Å². The van der Waals surface area contributed by atoms with Gasteiger partial charge in [-0.15, -0.1) is 0 Å². The van der Waals surface area contributed by atoms with Gasteiger partial charge in [-0.05, 0) is 41.5 Å². The molecule has 0 heterocycles. The molecule has 6 N–H and O–H groups in total. The van der Waals surface area contributed by atoms with Gasteiger partial charge in [0.1, 0.15) is 5.54 Å². The second-order valence-corrected chi connectivity index (χ2v) is 6.45. The fourth-order valence-corrected chi connectivity index (χ4v) is 0.385. The van der Waals surface area contributed by atoms with Gasteiger partial charge in [0.2, 0.25) is 12.8 Å². The van der Waals surface area contributed by atoms with Crippen molar-refractivity contribution in [1.82, 2.24) is 10.6 Å². The summed E-state index contributed by atoms with van der Waals surface area (Å²) >= 11 is 0. The Labute approximate surface area is 132 Å². The first-order valence-corrected chi connectivity index (χ1v) is 6.65. The van der Waals surface area contributed by atoms with Crippen LogP contribution in [-0.2, 0) is 9.59 Å². The molecule has 0 aromatic carbocycles. The maximum absolute atomic E-state index is 9.76. The lowest BCUT2D eigenvalue weighted by Gasteiger charge is -2.19. The summed E-state index contributed by atoms with van der Waals surface area (Å²) in [5, 5.41) is 29.8. The van der Waals surface area contributed by atoms with E-state index in [4.69, 9.17) is 21.2 Å². The number of aliphatic hydroxyl groups is 2. The molecule has 130 valence electrons. The zero-order chi connectivity index (χ0) is 18.4. The molecule has 0 aliphatic carbocycles. The van der Waals surface area contributed by atoms with Crippen molar-refractivity contribution < 1.29 is 19.8 Å². The lowest BCUT2D eigenvalue weighted by Crippen LogP contribution is -2.41. The van der Waals surface area contributed by atoms with Gasteiger partial charge in [-0.3, -0.25) is 9.59 Å². The Bertz CT molecular complexity index is 344. The fraction of sp³-hybridized carbons (Fsp3) is 0.786. The highest BCUT2D eigenvalue weighted by molar-refractivity contribution is 5.48. The van der Waals surface area contributed by atoms with Gasteiger partial charge in [-0.2, -0.15) is 5.26 Å². The zero-order valence-corrected chi connectivity index (χ0v) is 14.3. The summed E-state index contributed by atoms with van der Waals surface area (Å²) in [5.74, 6) is 0. The average molecular weight is 318 g/mol. The Morgan fingerprint density at radius 3 is 1.45 bits per heavy atom. The first-order chi connectivity index (χ1) is 9.80. The Balaban J connectivity index is -0.000000249. The first-order valence-electron chi connectivity index (χ1n) is 6.65. The van der Waals surface area contributed by atoms with Gasteiger partial charge in [-0.25, -0.2) is 0 Å². The molecular weight excluding hydrogens is 288 g/mol. The van der Waals surface area contributed by atoms with Gasteiger partial charge in [0.15, 0.2) is 0 Å². The highest BCUT2D eigenvalue weighted by Crippen LogP contribution is 1.96. The summed E-state index contributed by atoms with van der Waals surface area (Å²) in [6.45, 7) is 10.3. The van der Waals surface area contributed by atoms with Crippen LogP contribution < -0.4 is 16.4 Å². The van der Waals surface area contributed by atoms with Crippen molar-refractivity contribution in [1.29, 1.82) is 5.26 Å². The van der Waals surface area contributed by atoms with Crippen LogP contribution in [0.25, 0.3) is 0 Å². The molecule has 0 bridgehead atoms. The molecule has 0 spiro atoms. The van der Waals surface area contributed by atoms with Crippen LogP contribution in [-0.4, -0.2) is 52.9 Å². The quantitative estimate of drug-likeness (QED) is 0.407. The second kappa shape index (κ2) is 11.9. The van der Waals surface area contributed by atoms with Gasteiger partial charge in [0, 0.05) is 5.54 Å². The SMILES string of the molecule is CC(C)(C#N)NC=O.CC(C)(CO)NC=O.CC(C)(N)CO. The second-order valence-electron chi connectivity index (χ2n) is 6.45. The molecule has 22 heavy (non-hydrogen) atoms. The molecule has 8 nitrogen and oxygen atoms in total. The van der Waals surface area contributed by atoms with E-state index < -0.39 is 16.6 Å². The minimum Gasteiger partial charge on any atom is -0.394 e. The summed E-state index contributed by atoms with van der Waals surface area (Å²) in [7, 11) is 0. The molecule has 2 amide bonds. The van der Waals surface area contributed by atoms with E-state index in [0.29, 0.717) is 12.8 Å². The van der Waals surface area contributed by atoms with Crippen LogP contribution in [0.3, 0.4) is 0 Å². The molecule has 0 unspecified atom stereocenters. The molecule has 0 aliphatic rings. The summed E-state index contributed by atoms with van der Waals surface area (Å²) in [6.07, 6.45) is 1.10. The van der Waals surface area contributed by atoms with Crippen LogP contribution in [0.1, 0.15) is 41.5 Å². The lowest BCUT2D eigenvalue weighted by molar-refractivity contribution is -0.111. The lowest BCUT2D eigenvalue weighted by atomic mass is 10.1. The Kier molecular flexibility index (Phi) is 13.7. The van der Waals surface area contributed by atoms with Crippen LogP contribution in [0.4, 0.5) is 0 Å². The van der Waals surface area contributed by atoms with Gasteiger partial charge in [0.05, 0.1) is 24.8 Å². The highest BCUT2D eigenvalue weighted by Gasteiger charge is 2.13. The molecule has 0 aromatic heterocycles. The predicted octanol–water partition coefficient (Wildman–Crippen LogP) is -0.746. The van der Waals surface area contributed by atoms with Gasteiger partial charge in [-0.1, -0.05) is 0 Å².